The first-order valence-corrected chi connectivity index (χ1v) is 7.74. The first kappa shape index (κ1) is 29.6. The summed E-state index contributed by atoms with van der Waals surface area (Å²) in [6.45, 7) is 2.69. The number of hydrogen-bond acceptors (Lipinski definition) is 6. The summed E-state index contributed by atoms with van der Waals surface area (Å²) in [5, 5.41) is 25.5. The largest absolute Gasteiger partial charge is 1.00 e. The minimum Gasteiger partial charge on any atom is -0.548 e. The Kier molecular flexibility index (Phi) is 20.5. The fourth-order valence-electron chi connectivity index (χ4n) is 1.85. The molecule has 0 aliphatic carbocycles. The Bertz CT molecular complexity index is 396. The van der Waals surface area contributed by atoms with E-state index in [9.17, 15) is 29.4 Å². The average Bonchev–Trinajstić information content (AvgIpc) is 2.45. The van der Waals surface area contributed by atoms with Crippen LogP contribution >= 0.6 is 0 Å². The Labute approximate surface area is 192 Å². The van der Waals surface area contributed by atoms with Crippen LogP contribution in [0, 0.1) is 0 Å². The van der Waals surface area contributed by atoms with Gasteiger partial charge >= 0.3 is 59.1 Å². The quantitative estimate of drug-likeness (QED) is 0.257. The van der Waals surface area contributed by atoms with Gasteiger partial charge in [-0.3, -0.25) is 9.59 Å². The first-order valence-electron chi connectivity index (χ1n) is 7.74. The number of rotatable bonds is 12. The molecule has 0 radical (unpaired) electrons. The first-order chi connectivity index (χ1) is 10.7. The third-order valence-corrected chi connectivity index (χ3v) is 3.27. The second-order valence-corrected chi connectivity index (χ2v) is 5.48. The monoisotopic (exact) mass is 374 g/mol. The second kappa shape index (κ2) is 17.3. The Hall–Kier alpha value is -0.120. The third kappa shape index (κ3) is 17.1. The summed E-state index contributed by atoms with van der Waals surface area (Å²) in [6, 6.07) is -1.99. The molecular formula is C15H24N2Na2O6. The predicted octanol–water partition coefficient (Wildman–Crippen LogP) is -7.77. The molecule has 25 heavy (non-hydrogen) atoms. The van der Waals surface area contributed by atoms with Crippen LogP contribution in [0.5, 0.6) is 0 Å². The van der Waals surface area contributed by atoms with Gasteiger partial charge in [0, 0.05) is 12.8 Å². The second-order valence-electron chi connectivity index (χ2n) is 5.48. The molecule has 2 N–H and O–H groups in total. The average molecular weight is 374 g/mol. The number of hydrogen-bond donors (Lipinski definition) is 2. The van der Waals surface area contributed by atoms with Crippen molar-refractivity contribution in [1.82, 2.24) is 10.6 Å². The van der Waals surface area contributed by atoms with Gasteiger partial charge in [0.05, 0.1) is 24.0 Å². The van der Waals surface area contributed by atoms with E-state index in [2.05, 4.69) is 10.6 Å². The summed E-state index contributed by atoms with van der Waals surface area (Å²) in [6.07, 6.45) is 4.21. The molecule has 10 heteroatoms. The Morgan fingerprint density at radius 3 is 1.24 bits per heavy atom. The van der Waals surface area contributed by atoms with Gasteiger partial charge in [0.1, 0.15) is 0 Å². The zero-order valence-corrected chi connectivity index (χ0v) is 19.6. The van der Waals surface area contributed by atoms with Gasteiger partial charge in [-0.05, 0) is 26.7 Å². The fourth-order valence-corrected chi connectivity index (χ4v) is 1.85. The van der Waals surface area contributed by atoms with Crippen LogP contribution in [0.3, 0.4) is 0 Å². The molecule has 0 fully saturated rings. The van der Waals surface area contributed by atoms with Crippen molar-refractivity contribution in [2.24, 2.45) is 0 Å². The molecule has 132 valence electrons. The molecule has 0 heterocycles. The van der Waals surface area contributed by atoms with E-state index in [1.54, 1.807) is 0 Å². The van der Waals surface area contributed by atoms with Gasteiger partial charge in [0.2, 0.25) is 11.8 Å². The summed E-state index contributed by atoms with van der Waals surface area (Å²) < 4.78 is 0. The number of unbranched alkanes of at least 4 members (excludes halogenated alkanes) is 4. The number of carbonyl (C=O) groups excluding carboxylic acids is 4. The van der Waals surface area contributed by atoms with Crippen molar-refractivity contribution in [3.63, 3.8) is 0 Å². The maximum absolute atomic E-state index is 11.4. The number of aliphatic carboxylic acids is 2. The summed E-state index contributed by atoms with van der Waals surface area (Å²) in [5.41, 5.74) is 0. The van der Waals surface area contributed by atoms with E-state index in [1.807, 2.05) is 0 Å². The van der Waals surface area contributed by atoms with Crippen LogP contribution in [0.25, 0.3) is 0 Å². The van der Waals surface area contributed by atoms with E-state index in [0.717, 1.165) is 19.3 Å². The Balaban J connectivity index is -0.00000242. The molecule has 0 unspecified atom stereocenters. The smallest absolute Gasteiger partial charge is 0.548 e. The van der Waals surface area contributed by atoms with Gasteiger partial charge in [-0.1, -0.05) is 19.3 Å². The van der Waals surface area contributed by atoms with Crippen molar-refractivity contribution < 1.29 is 88.5 Å². The fraction of sp³-hybridized carbons (Fsp3) is 0.733. The SMILES string of the molecule is C[C@H](NC(=O)CCCCCCCC(=O)N[C@@H](C)C(=O)[O-])C(=O)[O-].[Na+].[Na+]. The molecule has 0 aromatic rings. The van der Waals surface area contributed by atoms with Crippen molar-refractivity contribution in [2.75, 3.05) is 0 Å². The number of amides is 2. The van der Waals surface area contributed by atoms with E-state index in [1.165, 1.54) is 13.8 Å². The third-order valence-electron chi connectivity index (χ3n) is 3.27. The van der Waals surface area contributed by atoms with Crippen molar-refractivity contribution in [3.05, 3.63) is 0 Å². The zero-order chi connectivity index (χ0) is 17.8. The summed E-state index contributed by atoms with van der Waals surface area (Å²) >= 11 is 0. The Morgan fingerprint density at radius 2 is 0.960 bits per heavy atom. The molecule has 0 aliphatic heterocycles. The van der Waals surface area contributed by atoms with Crippen molar-refractivity contribution in [2.45, 2.75) is 70.9 Å². The summed E-state index contributed by atoms with van der Waals surface area (Å²) in [4.78, 5) is 43.7. The van der Waals surface area contributed by atoms with Crippen molar-refractivity contribution in [3.8, 4) is 0 Å². The minimum absolute atomic E-state index is 0. The normalized spacial score (nSPS) is 11.9. The maximum atomic E-state index is 11.4. The van der Waals surface area contributed by atoms with Crippen LogP contribution in [0.2, 0.25) is 0 Å². The maximum Gasteiger partial charge on any atom is 1.00 e. The minimum atomic E-state index is -1.32. The number of nitrogens with one attached hydrogen (secondary N) is 2. The topological polar surface area (TPSA) is 138 Å². The Morgan fingerprint density at radius 1 is 0.680 bits per heavy atom. The molecule has 0 aliphatic rings. The molecule has 2 atom stereocenters. The van der Waals surface area contributed by atoms with Crippen molar-refractivity contribution >= 4 is 23.8 Å². The summed E-state index contributed by atoms with van der Waals surface area (Å²) in [7, 11) is 0. The zero-order valence-electron chi connectivity index (χ0n) is 15.6. The van der Waals surface area contributed by atoms with Gasteiger partial charge in [0.15, 0.2) is 0 Å². The molecule has 0 saturated carbocycles. The van der Waals surface area contributed by atoms with Crippen LogP contribution in [0.15, 0.2) is 0 Å². The molecule has 2 amide bonds. The molecule has 0 saturated heterocycles. The van der Waals surface area contributed by atoms with Gasteiger partial charge in [-0.25, -0.2) is 0 Å². The van der Waals surface area contributed by atoms with E-state index >= 15 is 0 Å². The molecule has 8 nitrogen and oxygen atoms in total. The van der Waals surface area contributed by atoms with E-state index in [4.69, 9.17) is 0 Å². The molecule has 0 aromatic heterocycles. The standard InChI is InChI=1S/C15H26N2O6.2Na/c1-10(14(20)21)16-12(18)8-6-4-3-5-7-9-13(19)17-11(2)15(22)23;;/h10-11H,3-9H2,1-2H3,(H,16,18)(H,17,19)(H,20,21)(H,22,23);;/q;2*+1/p-2/t10-,11-;;/m0../s1. The van der Waals surface area contributed by atoms with Crippen LogP contribution in [0.1, 0.15) is 58.8 Å². The van der Waals surface area contributed by atoms with Gasteiger partial charge < -0.3 is 30.4 Å². The van der Waals surface area contributed by atoms with Gasteiger partial charge in [-0.15, -0.1) is 0 Å². The molecule has 0 spiro atoms. The summed E-state index contributed by atoms with van der Waals surface area (Å²) in [5.74, 6) is -3.27. The van der Waals surface area contributed by atoms with Crippen molar-refractivity contribution in [1.29, 1.82) is 0 Å². The number of carboxylic acids is 2. The molecular weight excluding hydrogens is 350 g/mol. The number of carboxylic acid groups (broad SMARTS) is 2. The molecule has 0 aromatic carbocycles. The van der Waals surface area contributed by atoms with E-state index in [0.29, 0.717) is 12.8 Å². The van der Waals surface area contributed by atoms with Crippen LogP contribution in [0.4, 0.5) is 0 Å². The predicted molar refractivity (Wildman–Crippen MR) is 77.5 cm³/mol. The molecule has 0 rings (SSSR count). The van der Waals surface area contributed by atoms with Crippen LogP contribution in [-0.4, -0.2) is 35.8 Å². The number of carbonyl (C=O) groups is 4. The van der Waals surface area contributed by atoms with Gasteiger partial charge in [-0.2, -0.15) is 0 Å². The van der Waals surface area contributed by atoms with Crippen LogP contribution < -0.4 is 80.0 Å². The van der Waals surface area contributed by atoms with Crippen LogP contribution in [-0.2, 0) is 19.2 Å². The van der Waals surface area contributed by atoms with Gasteiger partial charge in [0.25, 0.3) is 0 Å². The molecule has 0 bridgehead atoms. The van der Waals surface area contributed by atoms with E-state index < -0.39 is 24.0 Å². The van der Waals surface area contributed by atoms with E-state index in [-0.39, 0.29) is 83.8 Å².